The first kappa shape index (κ1) is 14.4. The minimum Gasteiger partial charge on any atom is -0.477 e. The number of aryl methyl sites for hydroxylation is 2. The standard InChI is InChI=1S/C13H11N3O2S3/c1-6-3-8-11(14-5-15-12(8)20-6)19-4-9-16-7(2)10(21-9)13(17)18/h3,5H,4H2,1-2H3,(H,17,18). The van der Waals surface area contributed by atoms with Crippen LogP contribution in [0.15, 0.2) is 17.4 Å². The molecule has 1 N–H and O–H groups in total. The lowest BCUT2D eigenvalue weighted by atomic mass is 10.4. The van der Waals surface area contributed by atoms with Crippen molar-refractivity contribution in [2.75, 3.05) is 0 Å². The summed E-state index contributed by atoms with van der Waals surface area (Å²) in [6.45, 7) is 3.77. The Labute approximate surface area is 133 Å². The highest BCUT2D eigenvalue weighted by atomic mass is 32.2. The van der Waals surface area contributed by atoms with Gasteiger partial charge in [-0.05, 0) is 19.9 Å². The molecule has 0 unspecified atom stereocenters. The Morgan fingerprint density at radius 3 is 2.86 bits per heavy atom. The van der Waals surface area contributed by atoms with E-state index in [1.807, 2.05) is 6.92 Å². The summed E-state index contributed by atoms with van der Waals surface area (Å²) in [4.78, 5) is 26.4. The van der Waals surface area contributed by atoms with Crippen LogP contribution in [0.1, 0.15) is 25.3 Å². The Balaban J connectivity index is 1.83. The van der Waals surface area contributed by atoms with E-state index in [0.29, 0.717) is 16.3 Å². The third kappa shape index (κ3) is 2.92. The molecule has 3 aromatic rings. The summed E-state index contributed by atoms with van der Waals surface area (Å²) >= 11 is 4.43. The number of aromatic carboxylic acids is 1. The molecule has 3 heterocycles. The molecule has 0 atom stereocenters. The summed E-state index contributed by atoms with van der Waals surface area (Å²) in [6, 6.07) is 2.08. The molecular formula is C13H11N3O2S3. The zero-order chi connectivity index (χ0) is 15.0. The molecule has 8 heteroatoms. The molecule has 0 amide bonds. The van der Waals surface area contributed by atoms with Crippen LogP contribution in [0.3, 0.4) is 0 Å². The molecule has 0 spiro atoms. The van der Waals surface area contributed by atoms with Gasteiger partial charge in [-0.2, -0.15) is 0 Å². The lowest BCUT2D eigenvalue weighted by Gasteiger charge is -1.99. The number of hydrogen-bond acceptors (Lipinski definition) is 7. The second-order valence-electron chi connectivity index (χ2n) is 4.37. The van der Waals surface area contributed by atoms with Crippen molar-refractivity contribution >= 4 is 50.6 Å². The maximum atomic E-state index is 11.0. The van der Waals surface area contributed by atoms with Crippen LogP contribution >= 0.6 is 34.4 Å². The number of rotatable bonds is 4. The predicted molar refractivity (Wildman–Crippen MR) is 85.5 cm³/mol. The van der Waals surface area contributed by atoms with Crippen molar-refractivity contribution in [2.24, 2.45) is 0 Å². The molecule has 3 rings (SSSR count). The van der Waals surface area contributed by atoms with E-state index in [9.17, 15) is 4.79 Å². The van der Waals surface area contributed by atoms with Gasteiger partial charge in [0.25, 0.3) is 0 Å². The van der Waals surface area contributed by atoms with E-state index in [4.69, 9.17) is 5.11 Å². The molecule has 21 heavy (non-hydrogen) atoms. The highest BCUT2D eigenvalue weighted by molar-refractivity contribution is 7.98. The number of carboxylic acids is 1. The summed E-state index contributed by atoms with van der Waals surface area (Å²) in [6.07, 6.45) is 1.57. The second-order valence-corrected chi connectivity index (χ2v) is 7.65. The van der Waals surface area contributed by atoms with E-state index >= 15 is 0 Å². The molecule has 0 aliphatic carbocycles. The van der Waals surface area contributed by atoms with E-state index in [1.54, 1.807) is 36.3 Å². The van der Waals surface area contributed by atoms with Gasteiger partial charge in [0.1, 0.15) is 26.1 Å². The lowest BCUT2D eigenvalue weighted by Crippen LogP contribution is -1.94. The highest BCUT2D eigenvalue weighted by Gasteiger charge is 2.15. The first-order valence-corrected chi connectivity index (χ1v) is 8.70. The molecule has 0 saturated carbocycles. The van der Waals surface area contributed by atoms with Crippen molar-refractivity contribution in [1.82, 2.24) is 15.0 Å². The van der Waals surface area contributed by atoms with Gasteiger partial charge in [0.05, 0.1) is 11.4 Å². The minimum atomic E-state index is -0.917. The van der Waals surface area contributed by atoms with Gasteiger partial charge in [0.2, 0.25) is 0 Å². The first-order chi connectivity index (χ1) is 10.0. The third-order valence-corrected chi connectivity index (χ3v) is 6.09. The number of fused-ring (bicyclic) bond motifs is 1. The Morgan fingerprint density at radius 2 is 2.14 bits per heavy atom. The van der Waals surface area contributed by atoms with Crippen LogP contribution < -0.4 is 0 Å². The second kappa shape index (κ2) is 5.70. The quantitative estimate of drug-likeness (QED) is 0.577. The van der Waals surface area contributed by atoms with Crippen molar-refractivity contribution < 1.29 is 9.90 Å². The van der Waals surface area contributed by atoms with Gasteiger partial charge in [-0.3, -0.25) is 0 Å². The van der Waals surface area contributed by atoms with E-state index in [1.165, 1.54) is 16.2 Å². The Morgan fingerprint density at radius 1 is 1.33 bits per heavy atom. The van der Waals surface area contributed by atoms with E-state index in [2.05, 4.69) is 21.0 Å². The number of hydrogen-bond donors (Lipinski definition) is 1. The Kier molecular flexibility index (Phi) is 3.92. The first-order valence-electron chi connectivity index (χ1n) is 6.08. The third-order valence-electron chi connectivity index (χ3n) is 2.78. The van der Waals surface area contributed by atoms with Crippen molar-refractivity contribution in [1.29, 1.82) is 0 Å². The lowest BCUT2D eigenvalue weighted by molar-refractivity contribution is 0.0701. The zero-order valence-corrected chi connectivity index (χ0v) is 13.7. The van der Waals surface area contributed by atoms with E-state index in [0.717, 1.165) is 20.3 Å². The summed E-state index contributed by atoms with van der Waals surface area (Å²) in [7, 11) is 0. The van der Waals surface area contributed by atoms with E-state index in [-0.39, 0.29) is 0 Å². The van der Waals surface area contributed by atoms with Gasteiger partial charge < -0.3 is 5.11 Å². The van der Waals surface area contributed by atoms with Crippen molar-refractivity contribution in [3.8, 4) is 0 Å². The minimum absolute atomic E-state index is 0.310. The SMILES string of the molecule is Cc1cc2c(SCc3nc(C)c(C(=O)O)s3)ncnc2s1. The Bertz CT molecular complexity index is 825. The molecule has 0 bridgehead atoms. The molecule has 108 valence electrons. The normalized spacial score (nSPS) is 11.1. The molecule has 0 radical (unpaired) electrons. The predicted octanol–water partition coefficient (Wildman–Crippen LogP) is 3.76. The van der Waals surface area contributed by atoms with Crippen molar-refractivity contribution in [3.63, 3.8) is 0 Å². The van der Waals surface area contributed by atoms with Gasteiger partial charge in [-0.1, -0.05) is 11.8 Å². The highest BCUT2D eigenvalue weighted by Crippen LogP contribution is 2.33. The number of carboxylic acid groups (broad SMARTS) is 1. The fourth-order valence-corrected chi connectivity index (χ4v) is 4.69. The average Bonchev–Trinajstić information content (AvgIpc) is 2.98. The molecule has 5 nitrogen and oxygen atoms in total. The fourth-order valence-electron chi connectivity index (χ4n) is 1.91. The van der Waals surface area contributed by atoms with Gasteiger partial charge in [0, 0.05) is 10.3 Å². The fraction of sp³-hybridized carbons (Fsp3) is 0.231. The number of aromatic nitrogens is 3. The molecule has 0 saturated heterocycles. The van der Waals surface area contributed by atoms with E-state index < -0.39 is 5.97 Å². The molecular weight excluding hydrogens is 326 g/mol. The van der Waals surface area contributed by atoms with Crippen molar-refractivity contribution in [2.45, 2.75) is 24.6 Å². The number of carbonyl (C=O) groups is 1. The summed E-state index contributed by atoms with van der Waals surface area (Å²) < 4.78 is 0. The van der Waals surface area contributed by atoms with Crippen LogP contribution in [-0.4, -0.2) is 26.0 Å². The van der Waals surface area contributed by atoms with Gasteiger partial charge >= 0.3 is 5.97 Å². The maximum Gasteiger partial charge on any atom is 0.347 e. The van der Waals surface area contributed by atoms with Gasteiger partial charge in [-0.25, -0.2) is 19.7 Å². The molecule has 3 aromatic heterocycles. The van der Waals surface area contributed by atoms with Crippen LogP contribution in [0.25, 0.3) is 10.2 Å². The maximum absolute atomic E-state index is 11.0. The smallest absolute Gasteiger partial charge is 0.347 e. The summed E-state index contributed by atoms with van der Waals surface area (Å²) in [5.41, 5.74) is 0.572. The molecule has 0 aliphatic heterocycles. The molecule has 0 aliphatic rings. The monoisotopic (exact) mass is 337 g/mol. The van der Waals surface area contributed by atoms with Crippen LogP contribution in [0.2, 0.25) is 0 Å². The zero-order valence-electron chi connectivity index (χ0n) is 11.3. The number of thioether (sulfide) groups is 1. The van der Waals surface area contributed by atoms with Gasteiger partial charge in [0.15, 0.2) is 0 Å². The van der Waals surface area contributed by atoms with Crippen LogP contribution in [0.5, 0.6) is 0 Å². The van der Waals surface area contributed by atoms with Crippen LogP contribution in [-0.2, 0) is 5.75 Å². The number of thiophene rings is 1. The van der Waals surface area contributed by atoms with Crippen LogP contribution in [0, 0.1) is 13.8 Å². The Hall–Kier alpha value is -1.51. The van der Waals surface area contributed by atoms with Crippen LogP contribution in [0.4, 0.5) is 0 Å². The largest absolute Gasteiger partial charge is 0.477 e. The summed E-state index contributed by atoms with van der Waals surface area (Å²) in [5.74, 6) is -0.307. The average molecular weight is 337 g/mol. The van der Waals surface area contributed by atoms with Crippen molar-refractivity contribution in [3.05, 3.63) is 32.8 Å². The molecule has 0 aromatic carbocycles. The van der Waals surface area contributed by atoms with Gasteiger partial charge in [-0.15, -0.1) is 22.7 Å². The number of thiazole rings is 1. The molecule has 0 fully saturated rings. The topological polar surface area (TPSA) is 76.0 Å². The number of nitrogens with zero attached hydrogens (tertiary/aromatic N) is 3. The summed E-state index contributed by atoms with van der Waals surface area (Å²) in [5, 5.41) is 11.8.